The third kappa shape index (κ3) is 4.92. The first-order chi connectivity index (χ1) is 14.3. The number of nitrogens with zero attached hydrogens (tertiary/aromatic N) is 3. The Hall–Kier alpha value is -3.38. The van der Waals surface area contributed by atoms with Crippen LogP contribution < -0.4 is 5.32 Å². The van der Waals surface area contributed by atoms with Crippen molar-refractivity contribution < 1.29 is 4.79 Å². The first-order valence-corrected chi connectivity index (χ1v) is 10.3. The van der Waals surface area contributed by atoms with Crippen LogP contribution in [0.1, 0.15) is 11.4 Å². The number of benzene rings is 3. The Bertz CT molecular complexity index is 1070. The molecule has 0 atom stereocenters. The number of carbonyl (C=O) groups is 1. The van der Waals surface area contributed by atoms with Gasteiger partial charge in [-0.2, -0.15) is 0 Å². The van der Waals surface area contributed by atoms with E-state index in [-0.39, 0.29) is 12.3 Å². The zero-order chi connectivity index (χ0) is 19.9. The third-order valence-electron chi connectivity index (χ3n) is 4.30. The van der Waals surface area contributed by atoms with Gasteiger partial charge in [-0.25, -0.2) is 0 Å². The molecule has 0 radical (unpaired) electrons. The third-order valence-corrected chi connectivity index (χ3v) is 5.30. The summed E-state index contributed by atoms with van der Waals surface area (Å²) in [5.41, 5.74) is 2.92. The van der Waals surface area contributed by atoms with Crippen LogP contribution >= 0.6 is 11.8 Å². The van der Waals surface area contributed by atoms with Crippen molar-refractivity contribution in [3.05, 3.63) is 102 Å². The van der Waals surface area contributed by atoms with Crippen LogP contribution in [0.4, 0.5) is 5.69 Å². The normalized spacial score (nSPS) is 10.6. The van der Waals surface area contributed by atoms with Gasteiger partial charge in [0.15, 0.2) is 5.16 Å². The largest absolute Gasteiger partial charge is 0.326 e. The molecule has 1 heterocycles. The minimum atomic E-state index is -0.125. The van der Waals surface area contributed by atoms with Gasteiger partial charge in [0.05, 0.1) is 6.42 Å². The number of amides is 1. The summed E-state index contributed by atoms with van der Waals surface area (Å²) < 4.78 is 1.96. The number of para-hydroxylation sites is 2. The molecule has 5 nitrogen and oxygen atoms in total. The first kappa shape index (κ1) is 19.0. The van der Waals surface area contributed by atoms with E-state index in [0.29, 0.717) is 5.82 Å². The van der Waals surface area contributed by atoms with Crippen molar-refractivity contribution in [2.45, 2.75) is 17.3 Å². The van der Waals surface area contributed by atoms with Gasteiger partial charge in [0.2, 0.25) is 5.91 Å². The van der Waals surface area contributed by atoms with E-state index in [9.17, 15) is 4.79 Å². The molecule has 3 aromatic carbocycles. The van der Waals surface area contributed by atoms with Gasteiger partial charge in [-0.1, -0.05) is 78.5 Å². The Kier molecular flexibility index (Phi) is 6.02. The van der Waals surface area contributed by atoms with Crippen molar-refractivity contribution in [1.29, 1.82) is 0 Å². The number of hydrogen-bond acceptors (Lipinski definition) is 4. The van der Waals surface area contributed by atoms with Crippen LogP contribution in [0, 0.1) is 0 Å². The summed E-state index contributed by atoms with van der Waals surface area (Å²) in [6, 6.07) is 29.5. The van der Waals surface area contributed by atoms with Crippen LogP contribution in [0.5, 0.6) is 0 Å². The fourth-order valence-corrected chi connectivity index (χ4v) is 3.86. The molecule has 0 spiro atoms. The smallest absolute Gasteiger partial charge is 0.232 e. The molecular weight excluding hydrogens is 380 g/mol. The highest BCUT2D eigenvalue weighted by Crippen LogP contribution is 2.25. The summed E-state index contributed by atoms with van der Waals surface area (Å²) in [5, 5.41) is 12.4. The van der Waals surface area contributed by atoms with Crippen molar-refractivity contribution in [3.63, 3.8) is 0 Å². The molecule has 0 aliphatic carbocycles. The Morgan fingerprint density at radius 1 is 0.828 bits per heavy atom. The maximum absolute atomic E-state index is 12.6. The molecule has 6 heteroatoms. The van der Waals surface area contributed by atoms with E-state index in [4.69, 9.17) is 0 Å². The molecule has 4 rings (SSSR count). The molecule has 144 valence electrons. The van der Waals surface area contributed by atoms with Crippen molar-refractivity contribution in [3.8, 4) is 5.69 Å². The number of rotatable bonds is 7. The molecule has 29 heavy (non-hydrogen) atoms. The zero-order valence-electron chi connectivity index (χ0n) is 15.7. The molecule has 0 bridgehead atoms. The molecule has 0 fully saturated rings. The Morgan fingerprint density at radius 2 is 1.45 bits per heavy atom. The number of hydrogen-bond donors (Lipinski definition) is 1. The Balaban J connectivity index is 1.56. The van der Waals surface area contributed by atoms with Gasteiger partial charge in [0.25, 0.3) is 0 Å². The van der Waals surface area contributed by atoms with Crippen molar-refractivity contribution >= 4 is 23.4 Å². The number of anilines is 1. The number of aromatic nitrogens is 3. The van der Waals surface area contributed by atoms with Gasteiger partial charge in [0, 0.05) is 17.1 Å². The van der Waals surface area contributed by atoms with Crippen LogP contribution in [0.15, 0.2) is 96.2 Å². The minimum absolute atomic E-state index is 0.125. The summed E-state index contributed by atoms with van der Waals surface area (Å²) >= 11 is 1.60. The van der Waals surface area contributed by atoms with Crippen LogP contribution in [0.25, 0.3) is 5.69 Å². The predicted molar refractivity (Wildman–Crippen MR) is 116 cm³/mol. The average Bonchev–Trinajstić information content (AvgIpc) is 3.16. The molecule has 0 aliphatic heterocycles. The lowest BCUT2D eigenvalue weighted by atomic mass is 10.2. The van der Waals surface area contributed by atoms with Crippen LogP contribution in [-0.4, -0.2) is 20.7 Å². The van der Waals surface area contributed by atoms with E-state index in [0.717, 1.165) is 22.3 Å². The highest BCUT2D eigenvalue weighted by atomic mass is 32.2. The number of nitrogens with one attached hydrogen (secondary N) is 1. The maximum atomic E-state index is 12.6. The summed E-state index contributed by atoms with van der Waals surface area (Å²) in [4.78, 5) is 12.6. The van der Waals surface area contributed by atoms with Gasteiger partial charge in [-0.05, 0) is 29.8 Å². The van der Waals surface area contributed by atoms with Gasteiger partial charge >= 0.3 is 0 Å². The zero-order valence-corrected chi connectivity index (χ0v) is 16.5. The van der Waals surface area contributed by atoms with Gasteiger partial charge in [0.1, 0.15) is 5.82 Å². The summed E-state index contributed by atoms with van der Waals surface area (Å²) in [5.74, 6) is 1.27. The average molecular weight is 401 g/mol. The van der Waals surface area contributed by atoms with E-state index in [1.165, 1.54) is 5.56 Å². The topological polar surface area (TPSA) is 59.8 Å². The Labute approximate surface area is 173 Å². The predicted octanol–water partition coefficient (Wildman–Crippen LogP) is 4.74. The van der Waals surface area contributed by atoms with Crippen molar-refractivity contribution in [2.24, 2.45) is 0 Å². The highest BCUT2D eigenvalue weighted by molar-refractivity contribution is 7.98. The molecule has 1 amide bonds. The quantitative estimate of drug-likeness (QED) is 0.455. The second-order valence-electron chi connectivity index (χ2n) is 6.44. The van der Waals surface area contributed by atoms with Crippen molar-refractivity contribution in [1.82, 2.24) is 14.8 Å². The second-order valence-corrected chi connectivity index (χ2v) is 7.38. The molecule has 0 saturated heterocycles. The van der Waals surface area contributed by atoms with Crippen LogP contribution in [-0.2, 0) is 17.0 Å². The summed E-state index contributed by atoms with van der Waals surface area (Å²) in [6.07, 6.45) is 0.142. The molecule has 0 saturated carbocycles. The van der Waals surface area contributed by atoms with E-state index in [2.05, 4.69) is 27.6 Å². The standard InChI is InChI=1S/C23H20N4OS/c28-22(24-19-12-6-2-7-13-19)16-21-25-26-23(27(21)20-14-8-3-9-15-20)29-17-18-10-4-1-5-11-18/h1-15H,16-17H2,(H,24,28). The maximum Gasteiger partial charge on any atom is 0.232 e. The van der Waals surface area contributed by atoms with E-state index < -0.39 is 0 Å². The number of thioether (sulfide) groups is 1. The van der Waals surface area contributed by atoms with E-state index in [1.54, 1.807) is 11.8 Å². The number of carbonyl (C=O) groups excluding carboxylic acids is 1. The lowest BCUT2D eigenvalue weighted by molar-refractivity contribution is -0.115. The second kappa shape index (κ2) is 9.21. The van der Waals surface area contributed by atoms with Crippen molar-refractivity contribution in [2.75, 3.05) is 5.32 Å². The molecule has 1 N–H and O–H groups in total. The first-order valence-electron chi connectivity index (χ1n) is 9.31. The summed E-state index contributed by atoms with van der Waals surface area (Å²) in [7, 11) is 0. The Morgan fingerprint density at radius 3 is 2.14 bits per heavy atom. The minimum Gasteiger partial charge on any atom is -0.326 e. The van der Waals surface area contributed by atoms with Crippen LogP contribution in [0.2, 0.25) is 0 Å². The van der Waals surface area contributed by atoms with E-state index >= 15 is 0 Å². The fraction of sp³-hybridized carbons (Fsp3) is 0.0870. The highest BCUT2D eigenvalue weighted by Gasteiger charge is 2.17. The SMILES string of the molecule is O=C(Cc1nnc(SCc2ccccc2)n1-c1ccccc1)Nc1ccccc1. The van der Waals surface area contributed by atoms with Gasteiger partial charge < -0.3 is 5.32 Å². The lowest BCUT2D eigenvalue weighted by Crippen LogP contribution is -2.17. The molecule has 0 aliphatic rings. The molecule has 0 unspecified atom stereocenters. The molecule has 4 aromatic rings. The van der Waals surface area contributed by atoms with Gasteiger partial charge in [-0.15, -0.1) is 10.2 Å². The van der Waals surface area contributed by atoms with E-state index in [1.807, 2.05) is 83.4 Å². The lowest BCUT2D eigenvalue weighted by Gasteiger charge is -2.10. The fourth-order valence-electron chi connectivity index (χ4n) is 2.94. The summed E-state index contributed by atoms with van der Waals surface area (Å²) in [6.45, 7) is 0. The molecular formula is C23H20N4OS. The monoisotopic (exact) mass is 400 g/mol. The molecule has 1 aromatic heterocycles. The van der Waals surface area contributed by atoms with Crippen LogP contribution in [0.3, 0.4) is 0 Å². The van der Waals surface area contributed by atoms with Gasteiger partial charge in [-0.3, -0.25) is 9.36 Å².